The number of carbonyl (C=O) groups excluding carboxylic acids is 1. The molecule has 1 saturated carbocycles. The van der Waals surface area contributed by atoms with Crippen molar-refractivity contribution < 1.29 is 14.7 Å². The summed E-state index contributed by atoms with van der Waals surface area (Å²) in [5.74, 6) is -0.529. The lowest BCUT2D eigenvalue weighted by Gasteiger charge is -2.36. The van der Waals surface area contributed by atoms with E-state index in [0.29, 0.717) is 6.54 Å². The van der Waals surface area contributed by atoms with Gasteiger partial charge in [-0.2, -0.15) is 0 Å². The van der Waals surface area contributed by atoms with Gasteiger partial charge in [-0.15, -0.1) is 0 Å². The molecule has 0 unspecified atom stereocenters. The number of hydrogen-bond donors (Lipinski definition) is 2. The van der Waals surface area contributed by atoms with Crippen molar-refractivity contribution in [3.8, 4) is 0 Å². The molecule has 0 saturated heterocycles. The molecule has 2 N–H and O–H groups in total. The number of amides is 2. The van der Waals surface area contributed by atoms with Gasteiger partial charge >= 0.3 is 12.0 Å². The number of carbonyl (C=O) groups is 2. The summed E-state index contributed by atoms with van der Waals surface area (Å²) in [6.07, 6.45) is 4.64. The van der Waals surface area contributed by atoms with E-state index in [2.05, 4.69) is 21.2 Å². The maximum atomic E-state index is 11.9. The minimum Gasteiger partial charge on any atom is -0.481 e. The SMILES string of the molecule is O=C(O)CC1CC(NC(=O)N2CC=C(Br)CC2)C1. The van der Waals surface area contributed by atoms with Crippen molar-refractivity contribution >= 4 is 27.9 Å². The van der Waals surface area contributed by atoms with E-state index in [-0.39, 0.29) is 24.4 Å². The topological polar surface area (TPSA) is 69.6 Å². The van der Waals surface area contributed by atoms with Crippen LogP contribution < -0.4 is 5.32 Å². The zero-order chi connectivity index (χ0) is 13.1. The lowest BCUT2D eigenvalue weighted by atomic mass is 9.78. The van der Waals surface area contributed by atoms with Crippen LogP contribution in [0.25, 0.3) is 0 Å². The van der Waals surface area contributed by atoms with Crippen molar-refractivity contribution in [2.45, 2.75) is 31.7 Å². The van der Waals surface area contributed by atoms with Crippen molar-refractivity contribution in [3.63, 3.8) is 0 Å². The minimum absolute atomic E-state index is 0.0370. The summed E-state index contributed by atoms with van der Waals surface area (Å²) >= 11 is 3.42. The van der Waals surface area contributed by atoms with E-state index >= 15 is 0 Å². The van der Waals surface area contributed by atoms with E-state index in [1.807, 2.05) is 6.08 Å². The Hall–Kier alpha value is -1.04. The Labute approximate surface area is 114 Å². The van der Waals surface area contributed by atoms with Gasteiger partial charge in [-0.25, -0.2) is 4.79 Å². The molecule has 0 spiro atoms. The van der Waals surface area contributed by atoms with E-state index in [1.54, 1.807) is 4.90 Å². The number of urea groups is 1. The largest absolute Gasteiger partial charge is 0.481 e. The Kier molecular flexibility index (Phi) is 4.27. The highest BCUT2D eigenvalue weighted by Crippen LogP contribution is 2.30. The summed E-state index contributed by atoms with van der Waals surface area (Å²) in [6, 6.07) is 0.112. The number of nitrogens with zero attached hydrogens (tertiary/aromatic N) is 1. The number of aliphatic carboxylic acids is 1. The molecule has 1 aliphatic heterocycles. The van der Waals surface area contributed by atoms with Gasteiger partial charge in [-0.3, -0.25) is 4.79 Å². The zero-order valence-corrected chi connectivity index (χ0v) is 11.6. The van der Waals surface area contributed by atoms with E-state index < -0.39 is 5.97 Å². The second-order valence-corrected chi connectivity index (χ2v) is 5.95. The molecule has 6 heteroatoms. The fraction of sp³-hybridized carbons (Fsp3) is 0.667. The highest BCUT2D eigenvalue weighted by atomic mass is 79.9. The van der Waals surface area contributed by atoms with Gasteiger partial charge in [0.15, 0.2) is 0 Å². The summed E-state index contributed by atoms with van der Waals surface area (Å²) in [5.41, 5.74) is 0. The third-order valence-corrected chi connectivity index (χ3v) is 4.19. The molecule has 0 aromatic carbocycles. The second-order valence-electron chi connectivity index (χ2n) is 4.93. The van der Waals surface area contributed by atoms with Crippen LogP contribution in [-0.2, 0) is 4.79 Å². The molecule has 0 bridgehead atoms. The number of carboxylic acid groups (broad SMARTS) is 1. The van der Waals surface area contributed by atoms with Gasteiger partial charge in [0.1, 0.15) is 0 Å². The normalized spacial score (nSPS) is 27.2. The molecule has 1 fully saturated rings. The summed E-state index contributed by atoms with van der Waals surface area (Å²) < 4.78 is 1.15. The van der Waals surface area contributed by atoms with E-state index in [0.717, 1.165) is 30.3 Å². The molecule has 1 aliphatic carbocycles. The van der Waals surface area contributed by atoms with Crippen molar-refractivity contribution in [1.29, 1.82) is 0 Å². The van der Waals surface area contributed by atoms with Crippen LogP contribution >= 0.6 is 15.9 Å². The Balaban J connectivity index is 1.69. The number of carboxylic acids is 1. The van der Waals surface area contributed by atoms with Crippen LogP contribution in [0.1, 0.15) is 25.7 Å². The number of halogens is 1. The summed E-state index contributed by atoms with van der Waals surface area (Å²) in [5, 5.41) is 11.6. The van der Waals surface area contributed by atoms with Crippen molar-refractivity contribution in [2.24, 2.45) is 5.92 Å². The first kappa shape index (κ1) is 13.4. The molecule has 2 aliphatic rings. The molecule has 0 aromatic heterocycles. The van der Waals surface area contributed by atoms with Crippen molar-refractivity contribution in [2.75, 3.05) is 13.1 Å². The Morgan fingerprint density at radius 1 is 1.50 bits per heavy atom. The lowest BCUT2D eigenvalue weighted by molar-refractivity contribution is -0.138. The molecular weight excluding hydrogens is 300 g/mol. The van der Waals surface area contributed by atoms with E-state index in [4.69, 9.17) is 5.11 Å². The predicted octanol–water partition coefficient (Wildman–Crippen LogP) is 1.93. The smallest absolute Gasteiger partial charge is 0.317 e. The average Bonchev–Trinajstić information content (AvgIpc) is 2.26. The molecule has 0 aromatic rings. The molecule has 0 radical (unpaired) electrons. The van der Waals surface area contributed by atoms with Gasteiger partial charge in [-0.05, 0) is 29.7 Å². The fourth-order valence-electron chi connectivity index (χ4n) is 2.36. The van der Waals surface area contributed by atoms with Crippen LogP contribution in [0.4, 0.5) is 4.79 Å². The Morgan fingerprint density at radius 3 is 2.78 bits per heavy atom. The van der Waals surface area contributed by atoms with Crippen LogP contribution in [0.5, 0.6) is 0 Å². The van der Waals surface area contributed by atoms with Crippen molar-refractivity contribution in [1.82, 2.24) is 10.2 Å². The van der Waals surface area contributed by atoms with Crippen LogP contribution in [0.3, 0.4) is 0 Å². The second kappa shape index (κ2) is 5.73. The number of nitrogens with one attached hydrogen (secondary N) is 1. The highest BCUT2D eigenvalue weighted by Gasteiger charge is 2.32. The van der Waals surface area contributed by atoms with Crippen LogP contribution in [0.15, 0.2) is 10.6 Å². The molecule has 2 rings (SSSR count). The monoisotopic (exact) mass is 316 g/mol. The molecular formula is C12H17BrN2O3. The van der Waals surface area contributed by atoms with E-state index in [1.165, 1.54) is 0 Å². The molecule has 1 heterocycles. The first-order valence-electron chi connectivity index (χ1n) is 6.16. The maximum Gasteiger partial charge on any atom is 0.317 e. The van der Waals surface area contributed by atoms with Gasteiger partial charge in [0.2, 0.25) is 0 Å². The Morgan fingerprint density at radius 2 is 2.22 bits per heavy atom. The van der Waals surface area contributed by atoms with Crippen molar-refractivity contribution in [3.05, 3.63) is 10.6 Å². The predicted molar refractivity (Wildman–Crippen MR) is 70.5 cm³/mol. The zero-order valence-electron chi connectivity index (χ0n) is 10.1. The summed E-state index contributed by atoms with van der Waals surface area (Å²) in [7, 11) is 0. The lowest BCUT2D eigenvalue weighted by Crippen LogP contribution is -2.50. The third kappa shape index (κ3) is 3.48. The number of hydrogen-bond acceptors (Lipinski definition) is 2. The van der Waals surface area contributed by atoms with Crippen LogP contribution in [-0.4, -0.2) is 41.1 Å². The average molecular weight is 317 g/mol. The third-order valence-electron chi connectivity index (χ3n) is 3.47. The molecule has 18 heavy (non-hydrogen) atoms. The standard InChI is InChI=1S/C12H17BrN2O3/c13-9-1-3-15(4-2-9)12(18)14-10-5-8(6-10)7-11(16)17/h1,8,10H,2-7H2,(H,14,18)(H,16,17). The van der Waals surface area contributed by atoms with Crippen LogP contribution in [0, 0.1) is 5.92 Å². The summed E-state index contributed by atoms with van der Waals surface area (Å²) in [4.78, 5) is 24.2. The minimum atomic E-state index is -0.754. The van der Waals surface area contributed by atoms with Gasteiger partial charge < -0.3 is 15.3 Å². The van der Waals surface area contributed by atoms with Gasteiger partial charge in [0.25, 0.3) is 0 Å². The van der Waals surface area contributed by atoms with Gasteiger partial charge in [0, 0.05) is 25.6 Å². The molecule has 5 nitrogen and oxygen atoms in total. The molecule has 2 amide bonds. The number of rotatable bonds is 3. The first-order valence-corrected chi connectivity index (χ1v) is 6.95. The highest BCUT2D eigenvalue weighted by molar-refractivity contribution is 9.11. The molecule has 0 atom stereocenters. The fourth-order valence-corrected chi connectivity index (χ4v) is 2.68. The van der Waals surface area contributed by atoms with E-state index in [9.17, 15) is 9.59 Å². The van der Waals surface area contributed by atoms with Crippen LogP contribution in [0.2, 0.25) is 0 Å². The maximum absolute atomic E-state index is 11.9. The molecule has 100 valence electrons. The van der Waals surface area contributed by atoms with Gasteiger partial charge in [-0.1, -0.05) is 22.0 Å². The van der Waals surface area contributed by atoms with Gasteiger partial charge in [0.05, 0.1) is 0 Å². The first-order chi connectivity index (χ1) is 8.54. The summed E-state index contributed by atoms with van der Waals surface area (Å²) in [6.45, 7) is 1.37. The Bertz CT molecular complexity index is 378. The quantitative estimate of drug-likeness (QED) is 0.836.